The molecule has 4 aliphatic rings. The molecule has 534 valence electrons. The van der Waals surface area contributed by atoms with Crippen LogP contribution in [0.15, 0.2) is 279 Å². The quantitative estimate of drug-likeness (QED) is 0.0423. The Morgan fingerprint density at radius 2 is 0.613 bits per heavy atom. The standard InChI is InChI=1S/C94H86F2N2O8/c1-5-91(59-101-60-91)63-105-81-47-25-69(26-48-81)93(67-21-43-79(44-22-67)103-55-53-99-7-3)87-15-11-9-13-83(87)85-51-41-77(57-89(85)93)97(75-37-29-71(95)30-38-75)73-33-17-65(18-34-73)66-19-35-74(36-20-66)98(76-39-31-72(96)32-40-76)78-42-52-86-84-14-10-12-16-88(84)94(90(86)58-78,68-23-45-80(46-24-68)104-56-54-100-8-4)70-27-49-82(50-28-70)106-64-92(6-2)61-102-62-92/h9-52,57-58H,5-8,53-56,59-64H2,1-4H3. The Morgan fingerprint density at radius 3 is 0.925 bits per heavy atom. The number of hydrogen-bond acceptors (Lipinski definition) is 10. The summed E-state index contributed by atoms with van der Waals surface area (Å²) >= 11 is 0. The van der Waals surface area contributed by atoms with E-state index in [1.54, 1.807) is 0 Å². The van der Waals surface area contributed by atoms with Gasteiger partial charge in [0.15, 0.2) is 0 Å². The number of nitrogens with zero attached hydrogens (tertiary/aromatic N) is 2. The van der Waals surface area contributed by atoms with Gasteiger partial charge in [0.05, 0.1) is 74.5 Å². The molecule has 2 aliphatic carbocycles. The molecule has 2 heterocycles. The molecule has 10 nitrogen and oxygen atoms in total. The Labute approximate surface area is 620 Å². The summed E-state index contributed by atoms with van der Waals surface area (Å²) in [5.74, 6) is 2.49. The highest BCUT2D eigenvalue weighted by Gasteiger charge is 2.49. The first-order chi connectivity index (χ1) is 52.1. The van der Waals surface area contributed by atoms with Crippen LogP contribution >= 0.6 is 0 Å². The summed E-state index contributed by atoms with van der Waals surface area (Å²) < 4.78 is 78.3. The van der Waals surface area contributed by atoms with Crippen LogP contribution in [0.5, 0.6) is 23.0 Å². The van der Waals surface area contributed by atoms with E-state index >= 15 is 8.78 Å². The van der Waals surface area contributed by atoms with Gasteiger partial charge in [0.1, 0.15) is 47.8 Å². The van der Waals surface area contributed by atoms with Gasteiger partial charge >= 0.3 is 0 Å². The van der Waals surface area contributed by atoms with Gasteiger partial charge in [-0.15, -0.1) is 0 Å². The second kappa shape index (κ2) is 29.9. The molecule has 16 rings (SSSR count). The Kier molecular flexibility index (Phi) is 19.6. The molecule has 0 spiro atoms. The van der Waals surface area contributed by atoms with Crippen molar-refractivity contribution < 1.29 is 46.7 Å². The molecular weight excluding hydrogens is 1320 g/mol. The van der Waals surface area contributed by atoms with Crippen molar-refractivity contribution in [3.63, 3.8) is 0 Å². The highest BCUT2D eigenvalue weighted by molar-refractivity contribution is 5.92. The average Bonchev–Trinajstić information content (AvgIpc) is 1.54. The summed E-state index contributed by atoms with van der Waals surface area (Å²) in [7, 11) is 0. The molecule has 12 heteroatoms. The minimum Gasteiger partial charge on any atom is -0.493 e. The van der Waals surface area contributed by atoms with Crippen LogP contribution in [0.2, 0.25) is 0 Å². The number of anilines is 6. The van der Waals surface area contributed by atoms with Crippen LogP contribution in [0.3, 0.4) is 0 Å². The smallest absolute Gasteiger partial charge is 0.123 e. The lowest BCUT2D eigenvalue weighted by Gasteiger charge is -2.40. The molecule has 2 unspecified atom stereocenters. The average molecular weight is 1410 g/mol. The predicted octanol–water partition coefficient (Wildman–Crippen LogP) is 21.7. The van der Waals surface area contributed by atoms with Gasteiger partial charge in [-0.05, 0) is 250 Å². The largest absolute Gasteiger partial charge is 0.493 e. The van der Waals surface area contributed by atoms with E-state index < -0.39 is 10.8 Å². The second-order valence-corrected chi connectivity index (χ2v) is 28.2. The highest BCUT2D eigenvalue weighted by atomic mass is 19.1. The van der Waals surface area contributed by atoms with Gasteiger partial charge in [0.2, 0.25) is 0 Å². The van der Waals surface area contributed by atoms with Gasteiger partial charge in [-0.2, -0.15) is 0 Å². The maximum atomic E-state index is 15.1. The van der Waals surface area contributed by atoms with Crippen LogP contribution in [0.1, 0.15) is 85.0 Å². The highest BCUT2D eigenvalue weighted by Crippen LogP contribution is 2.60. The Hall–Kier alpha value is -10.9. The van der Waals surface area contributed by atoms with E-state index in [9.17, 15) is 0 Å². The van der Waals surface area contributed by atoms with Crippen LogP contribution in [0, 0.1) is 22.5 Å². The molecule has 0 bridgehead atoms. The molecule has 2 atom stereocenters. The zero-order valence-corrected chi connectivity index (χ0v) is 60.4. The van der Waals surface area contributed by atoms with Gasteiger partial charge in [-0.1, -0.05) is 147 Å². The summed E-state index contributed by atoms with van der Waals surface area (Å²) in [5, 5.41) is 0. The van der Waals surface area contributed by atoms with Crippen molar-refractivity contribution in [1.82, 2.24) is 0 Å². The first-order valence-corrected chi connectivity index (χ1v) is 37.1. The van der Waals surface area contributed by atoms with E-state index in [0.717, 1.165) is 148 Å². The van der Waals surface area contributed by atoms with Crippen LogP contribution < -0.4 is 28.7 Å². The van der Waals surface area contributed by atoms with E-state index in [-0.39, 0.29) is 22.5 Å². The zero-order valence-electron chi connectivity index (χ0n) is 60.4. The van der Waals surface area contributed by atoms with Crippen LogP contribution in [-0.2, 0) is 29.8 Å². The number of fused-ring (bicyclic) bond motifs is 6. The molecule has 12 aromatic rings. The molecule has 2 saturated heterocycles. The van der Waals surface area contributed by atoms with Crippen molar-refractivity contribution >= 4 is 34.1 Å². The van der Waals surface area contributed by atoms with E-state index in [2.05, 4.69) is 254 Å². The zero-order chi connectivity index (χ0) is 72.2. The minimum atomic E-state index is -0.787. The topological polar surface area (TPSA) is 80.3 Å². The van der Waals surface area contributed by atoms with Crippen molar-refractivity contribution in [1.29, 1.82) is 0 Å². The third kappa shape index (κ3) is 12.9. The molecular formula is C94H86F2N2O8. The number of ether oxygens (including phenoxy) is 8. The van der Waals surface area contributed by atoms with E-state index in [0.29, 0.717) is 79.3 Å². The van der Waals surface area contributed by atoms with Crippen molar-refractivity contribution in [2.24, 2.45) is 10.8 Å². The monoisotopic (exact) mass is 1410 g/mol. The molecule has 0 saturated carbocycles. The third-order valence-electron chi connectivity index (χ3n) is 22.1. The maximum absolute atomic E-state index is 15.1. The molecule has 0 N–H and O–H groups in total. The SMILES string of the molecule is CCOCCOc1ccc(C2(c3ccc(OCC4(CC)COC4)cc3)c3ccccc3-c3ccc(N(c4ccc(F)cc4)c4ccc(-c5ccc(N(c6ccc(F)cc6)c6ccc7c(c6)C(c6ccc(OCCOCC)cc6)(c6ccc(OCC8(CC)COC8)cc6)c6ccccc6-7)cc5)cc4)cc32)cc1. The molecule has 0 aromatic heterocycles. The summed E-state index contributed by atoms with van der Waals surface area (Å²) in [6, 6.07) is 95.7. The van der Waals surface area contributed by atoms with Crippen molar-refractivity contribution in [3.05, 3.63) is 335 Å². The molecule has 2 fully saturated rings. The van der Waals surface area contributed by atoms with E-state index in [1.165, 1.54) is 24.3 Å². The minimum absolute atomic E-state index is 0.0223. The summed E-state index contributed by atoms with van der Waals surface area (Å²) in [6.07, 6.45) is 1.97. The Balaban J connectivity index is 0.756. The molecule has 2 aliphatic heterocycles. The Morgan fingerprint density at radius 1 is 0.311 bits per heavy atom. The lowest BCUT2D eigenvalue weighted by molar-refractivity contribution is -0.133. The summed E-state index contributed by atoms with van der Waals surface area (Å²) in [5.41, 5.74) is 19.0. The van der Waals surface area contributed by atoms with Gasteiger partial charge in [0, 0.05) is 47.3 Å². The number of rotatable bonds is 29. The van der Waals surface area contributed by atoms with Crippen LogP contribution in [-0.4, -0.2) is 79.3 Å². The molecule has 106 heavy (non-hydrogen) atoms. The number of benzene rings is 12. The second-order valence-electron chi connectivity index (χ2n) is 28.2. The molecule has 12 aromatic carbocycles. The van der Waals surface area contributed by atoms with E-state index in [4.69, 9.17) is 37.9 Å². The van der Waals surface area contributed by atoms with Crippen molar-refractivity contribution in [3.8, 4) is 56.4 Å². The third-order valence-corrected chi connectivity index (χ3v) is 22.1. The summed E-state index contributed by atoms with van der Waals surface area (Å²) in [6.45, 7) is 15.5. The van der Waals surface area contributed by atoms with E-state index in [1.807, 2.05) is 38.1 Å². The first kappa shape index (κ1) is 69.5. The Bertz CT molecular complexity index is 4700. The number of hydrogen-bond donors (Lipinski definition) is 0. The maximum Gasteiger partial charge on any atom is 0.123 e. The first-order valence-electron chi connectivity index (χ1n) is 37.1. The normalized spacial score (nSPS) is 16.8. The van der Waals surface area contributed by atoms with Crippen LogP contribution in [0.25, 0.3) is 33.4 Å². The fourth-order valence-corrected chi connectivity index (χ4v) is 16.0. The van der Waals surface area contributed by atoms with Gasteiger partial charge in [0.25, 0.3) is 0 Å². The predicted molar refractivity (Wildman–Crippen MR) is 418 cm³/mol. The number of halogens is 2. The van der Waals surface area contributed by atoms with Gasteiger partial charge in [-0.25, -0.2) is 8.78 Å². The lowest BCUT2D eigenvalue weighted by Crippen LogP contribution is -2.46. The molecule has 0 amide bonds. The summed E-state index contributed by atoms with van der Waals surface area (Å²) in [4.78, 5) is 4.41. The van der Waals surface area contributed by atoms with Crippen molar-refractivity contribution in [2.45, 2.75) is 51.4 Å². The molecule has 0 radical (unpaired) electrons. The van der Waals surface area contributed by atoms with Gasteiger partial charge in [-0.3, -0.25) is 0 Å². The van der Waals surface area contributed by atoms with Gasteiger partial charge < -0.3 is 47.7 Å². The van der Waals surface area contributed by atoms with Crippen LogP contribution in [0.4, 0.5) is 42.9 Å². The lowest BCUT2D eigenvalue weighted by atomic mass is 9.67. The fourth-order valence-electron chi connectivity index (χ4n) is 16.0. The van der Waals surface area contributed by atoms with Crippen molar-refractivity contribution in [2.75, 3.05) is 89.1 Å². The fraction of sp³-hybridized carbons (Fsp3) is 0.234.